The number of nitrogens with two attached hydrogens (primary N) is 1. The Morgan fingerprint density at radius 2 is 1.95 bits per heavy atom. The number of anilines is 3. The average molecular weight is 527 g/mol. The van der Waals surface area contributed by atoms with Gasteiger partial charge < -0.3 is 20.6 Å². The minimum Gasteiger partial charge on any atom is -0.507 e. The molecular formula is C26H29F3N8O. The fourth-order valence-corrected chi connectivity index (χ4v) is 4.29. The highest BCUT2D eigenvalue weighted by Gasteiger charge is 2.28. The molecule has 1 atom stereocenters. The Morgan fingerprint density at radius 1 is 1.16 bits per heavy atom. The van der Waals surface area contributed by atoms with Gasteiger partial charge in [-0.15, -0.1) is 10.2 Å². The highest BCUT2D eigenvalue weighted by Crippen LogP contribution is 2.32. The molecule has 2 aromatic heterocycles. The summed E-state index contributed by atoms with van der Waals surface area (Å²) in [7, 11) is 1.36. The van der Waals surface area contributed by atoms with Crippen LogP contribution in [0.4, 0.5) is 30.5 Å². The van der Waals surface area contributed by atoms with Crippen molar-refractivity contribution in [3.05, 3.63) is 48.4 Å². The first-order valence-electron chi connectivity index (χ1n) is 12.1. The van der Waals surface area contributed by atoms with Gasteiger partial charge in [0.2, 0.25) is 5.82 Å². The van der Waals surface area contributed by atoms with Gasteiger partial charge in [0.25, 0.3) is 0 Å². The number of nitrogens with zero attached hydrogens (tertiary/aromatic N) is 7. The Bertz CT molecular complexity index is 1320. The third-order valence-corrected chi connectivity index (χ3v) is 6.22. The molecule has 3 aromatic rings. The molecule has 0 bridgehead atoms. The summed E-state index contributed by atoms with van der Waals surface area (Å²) in [6, 6.07) is 10.7. The van der Waals surface area contributed by atoms with E-state index in [4.69, 9.17) is 5.73 Å². The van der Waals surface area contributed by atoms with Crippen LogP contribution in [0.5, 0.6) is 5.75 Å². The predicted octanol–water partition coefficient (Wildman–Crippen LogP) is 3.17. The number of hydrogen-bond donors (Lipinski definition) is 2. The number of aromatic hydroxyl groups is 1. The lowest BCUT2D eigenvalue weighted by molar-refractivity contribution is -0.141. The third kappa shape index (κ3) is 6.80. The molecule has 0 radical (unpaired) electrons. The van der Waals surface area contributed by atoms with Gasteiger partial charge in [-0.05, 0) is 50.6 Å². The number of hydrogen-bond acceptors (Lipinski definition) is 9. The predicted molar refractivity (Wildman–Crippen MR) is 140 cm³/mol. The topological polar surface area (TPSA) is 108 Å². The number of para-hydroxylation sites is 1. The Balaban J connectivity index is 1.48. The lowest BCUT2D eigenvalue weighted by Crippen LogP contribution is -2.35. The zero-order valence-electron chi connectivity index (χ0n) is 21.2. The molecule has 12 heteroatoms. The van der Waals surface area contributed by atoms with Crippen LogP contribution in [0.25, 0.3) is 11.3 Å². The lowest BCUT2D eigenvalue weighted by Gasteiger charge is -2.28. The van der Waals surface area contributed by atoms with E-state index >= 15 is 0 Å². The quantitative estimate of drug-likeness (QED) is 0.485. The van der Waals surface area contributed by atoms with E-state index in [0.717, 1.165) is 23.6 Å². The minimum absolute atomic E-state index is 0.0493. The smallest absolute Gasteiger partial charge is 0.401 e. The second-order valence-corrected chi connectivity index (χ2v) is 9.16. The van der Waals surface area contributed by atoms with Crippen molar-refractivity contribution in [3.8, 4) is 28.8 Å². The molecule has 0 spiro atoms. The van der Waals surface area contributed by atoms with E-state index in [0.29, 0.717) is 36.0 Å². The van der Waals surface area contributed by atoms with Crippen molar-refractivity contribution in [2.24, 2.45) is 0 Å². The van der Waals surface area contributed by atoms with E-state index in [-0.39, 0.29) is 24.2 Å². The van der Waals surface area contributed by atoms with Crippen LogP contribution in [0.15, 0.2) is 42.6 Å². The number of nitrogen functional groups attached to an aromatic ring is 1. The van der Waals surface area contributed by atoms with E-state index in [2.05, 4.69) is 48.7 Å². The molecule has 200 valence electrons. The van der Waals surface area contributed by atoms with Crippen LogP contribution in [0, 0.1) is 11.8 Å². The molecule has 3 heterocycles. The molecule has 1 fully saturated rings. The van der Waals surface area contributed by atoms with Crippen LogP contribution in [0.3, 0.4) is 0 Å². The molecular weight excluding hydrogens is 497 g/mol. The molecule has 38 heavy (non-hydrogen) atoms. The van der Waals surface area contributed by atoms with Crippen molar-refractivity contribution in [3.63, 3.8) is 0 Å². The molecule has 1 aliphatic rings. The monoisotopic (exact) mass is 526 g/mol. The van der Waals surface area contributed by atoms with Crippen molar-refractivity contribution < 1.29 is 18.3 Å². The molecule has 0 amide bonds. The van der Waals surface area contributed by atoms with E-state index in [1.807, 2.05) is 12.1 Å². The van der Waals surface area contributed by atoms with Gasteiger partial charge in [0.1, 0.15) is 11.6 Å². The first kappa shape index (κ1) is 26.9. The highest BCUT2D eigenvalue weighted by atomic mass is 19.4. The van der Waals surface area contributed by atoms with Gasteiger partial charge in [-0.1, -0.05) is 18.1 Å². The summed E-state index contributed by atoms with van der Waals surface area (Å²) in [5.41, 5.74) is 8.04. The van der Waals surface area contributed by atoms with Crippen molar-refractivity contribution in [1.29, 1.82) is 0 Å². The molecule has 1 aromatic carbocycles. The van der Waals surface area contributed by atoms with Crippen molar-refractivity contribution in [2.45, 2.75) is 25.6 Å². The minimum atomic E-state index is -4.27. The molecule has 0 aliphatic carbocycles. The van der Waals surface area contributed by atoms with Crippen molar-refractivity contribution >= 4 is 17.3 Å². The summed E-state index contributed by atoms with van der Waals surface area (Å²) in [5.74, 6) is 6.85. The summed E-state index contributed by atoms with van der Waals surface area (Å²) >= 11 is 0. The van der Waals surface area contributed by atoms with Gasteiger partial charge in [-0.2, -0.15) is 13.2 Å². The number of aromatic nitrogens is 4. The van der Waals surface area contributed by atoms with Gasteiger partial charge in [0, 0.05) is 37.4 Å². The molecule has 9 nitrogen and oxygen atoms in total. The number of halogens is 3. The summed E-state index contributed by atoms with van der Waals surface area (Å²) in [6.07, 6.45) is -1.86. The maximum Gasteiger partial charge on any atom is 0.401 e. The number of phenolic OH excluding ortho intramolecular Hbond substituents is 1. The fourth-order valence-electron chi connectivity index (χ4n) is 4.29. The van der Waals surface area contributed by atoms with E-state index in [1.54, 1.807) is 30.5 Å². The SMILES string of the molecule is CC1CCN(c2cc(-c3ccccc3O)nnc2N)CCN1c1ccnc(C#CCN(C)CC(F)(F)F)n1. The molecule has 3 N–H and O–H groups in total. The number of alkyl halides is 3. The van der Waals surface area contributed by atoms with Gasteiger partial charge in [0.05, 0.1) is 24.5 Å². The van der Waals surface area contributed by atoms with E-state index in [9.17, 15) is 18.3 Å². The Morgan fingerprint density at radius 3 is 2.71 bits per heavy atom. The standard InChI is InChI=1S/C26H29F3N8O/c1-18-10-13-36(21-16-20(33-34-25(21)30)19-6-3-4-7-22(19)38)14-15-37(18)24-9-11-31-23(32-24)8-5-12-35(2)17-26(27,28)29/h3-4,6-7,9,11,16,18,38H,10,12-15,17H2,1-2H3,(H2,30,34). The van der Waals surface area contributed by atoms with Crippen molar-refractivity contribution in [1.82, 2.24) is 25.1 Å². The lowest BCUT2D eigenvalue weighted by atomic mass is 10.1. The molecule has 4 rings (SSSR count). The van der Waals surface area contributed by atoms with Gasteiger partial charge in [-0.3, -0.25) is 4.90 Å². The normalized spacial score (nSPS) is 16.2. The van der Waals surface area contributed by atoms with Crippen LogP contribution in [0.2, 0.25) is 0 Å². The van der Waals surface area contributed by atoms with Crippen LogP contribution in [-0.4, -0.2) is 82.2 Å². The summed E-state index contributed by atoms with van der Waals surface area (Å²) in [5, 5.41) is 18.5. The Labute approximate surface area is 219 Å². The van der Waals surface area contributed by atoms with Gasteiger partial charge in [0.15, 0.2) is 5.82 Å². The molecule has 0 saturated carbocycles. The highest BCUT2D eigenvalue weighted by molar-refractivity contribution is 5.74. The second-order valence-electron chi connectivity index (χ2n) is 9.16. The molecule has 1 unspecified atom stereocenters. The first-order chi connectivity index (χ1) is 18.1. The number of phenols is 1. The average Bonchev–Trinajstić information content (AvgIpc) is 3.05. The number of benzene rings is 1. The third-order valence-electron chi connectivity index (χ3n) is 6.22. The van der Waals surface area contributed by atoms with Gasteiger partial charge in [-0.25, -0.2) is 9.97 Å². The Hall–Kier alpha value is -4.11. The number of rotatable bonds is 5. The maximum atomic E-state index is 12.5. The summed E-state index contributed by atoms with van der Waals surface area (Å²) in [6.45, 7) is 3.00. The van der Waals surface area contributed by atoms with Crippen LogP contribution in [0.1, 0.15) is 19.2 Å². The zero-order valence-corrected chi connectivity index (χ0v) is 21.2. The van der Waals surface area contributed by atoms with Crippen LogP contribution < -0.4 is 15.5 Å². The summed E-state index contributed by atoms with van der Waals surface area (Å²) in [4.78, 5) is 14.1. The Kier molecular flexibility index (Phi) is 8.16. The van der Waals surface area contributed by atoms with Crippen LogP contribution >= 0.6 is 0 Å². The summed E-state index contributed by atoms with van der Waals surface area (Å²) < 4.78 is 37.5. The van der Waals surface area contributed by atoms with Crippen molar-refractivity contribution in [2.75, 3.05) is 55.3 Å². The van der Waals surface area contributed by atoms with Crippen LogP contribution in [-0.2, 0) is 0 Å². The second kappa shape index (κ2) is 11.5. The van der Waals surface area contributed by atoms with E-state index in [1.165, 1.54) is 7.05 Å². The molecule has 1 saturated heterocycles. The van der Waals surface area contributed by atoms with E-state index < -0.39 is 12.7 Å². The molecule has 1 aliphatic heterocycles. The zero-order chi connectivity index (χ0) is 27.3. The maximum absolute atomic E-state index is 12.5. The van der Waals surface area contributed by atoms with Gasteiger partial charge >= 0.3 is 6.18 Å². The fraction of sp³-hybridized carbons (Fsp3) is 0.385. The largest absolute Gasteiger partial charge is 0.507 e. The first-order valence-corrected chi connectivity index (χ1v) is 12.1.